The second kappa shape index (κ2) is 9.06. The molecule has 1 aromatic carbocycles. The quantitative estimate of drug-likeness (QED) is 0.735. The van der Waals surface area contributed by atoms with Crippen molar-refractivity contribution >= 4 is 11.3 Å². The van der Waals surface area contributed by atoms with Crippen molar-refractivity contribution in [1.82, 2.24) is 5.32 Å². The molecular weight excluding hydrogens is 306 g/mol. The summed E-state index contributed by atoms with van der Waals surface area (Å²) in [6.07, 6.45) is 3.39. The lowest BCUT2D eigenvalue weighted by Gasteiger charge is -2.23. The van der Waals surface area contributed by atoms with E-state index in [2.05, 4.69) is 47.1 Å². The minimum Gasteiger partial charge on any atom is -0.494 e. The van der Waals surface area contributed by atoms with Crippen LogP contribution >= 0.6 is 11.3 Å². The maximum absolute atomic E-state index is 5.80. The highest BCUT2D eigenvalue weighted by Gasteiger charge is 2.14. The molecule has 1 aliphatic heterocycles. The van der Waals surface area contributed by atoms with Crippen LogP contribution in [0.15, 0.2) is 41.8 Å². The average molecular weight is 331 g/mol. The molecule has 23 heavy (non-hydrogen) atoms. The standard InChI is InChI=1S/C19H25NO2S/c1-3-19(23-14-1)15-21-12-2-13-22-18-6-4-16(5-7-18)17-8-10-20-11-9-17/h1,3-7,14,17,20H,2,8-13,15H2. The third-order valence-corrected chi connectivity index (χ3v) is 5.07. The molecule has 3 nitrogen and oxygen atoms in total. The predicted octanol–water partition coefficient (Wildman–Crippen LogP) is 4.20. The predicted molar refractivity (Wildman–Crippen MR) is 95.4 cm³/mol. The van der Waals surface area contributed by atoms with Crippen molar-refractivity contribution in [1.29, 1.82) is 0 Å². The Morgan fingerprint density at radius 3 is 2.61 bits per heavy atom. The first kappa shape index (κ1) is 16.5. The van der Waals surface area contributed by atoms with E-state index in [1.54, 1.807) is 11.3 Å². The van der Waals surface area contributed by atoms with E-state index in [0.29, 0.717) is 19.1 Å². The Morgan fingerprint density at radius 2 is 1.87 bits per heavy atom. The van der Waals surface area contributed by atoms with Crippen LogP contribution in [0, 0.1) is 0 Å². The van der Waals surface area contributed by atoms with Gasteiger partial charge in [0.25, 0.3) is 0 Å². The molecule has 0 aliphatic carbocycles. The number of piperidine rings is 1. The number of hydrogen-bond donors (Lipinski definition) is 1. The minimum atomic E-state index is 0.705. The summed E-state index contributed by atoms with van der Waals surface area (Å²) in [5, 5.41) is 5.49. The number of ether oxygens (including phenoxy) is 2. The molecule has 2 heterocycles. The smallest absolute Gasteiger partial charge is 0.119 e. The molecule has 0 unspecified atom stereocenters. The second-order valence-electron chi connectivity index (χ2n) is 5.93. The molecule has 4 heteroatoms. The Morgan fingerprint density at radius 1 is 1.04 bits per heavy atom. The number of benzene rings is 1. The van der Waals surface area contributed by atoms with Crippen LogP contribution in [0.1, 0.15) is 35.6 Å². The van der Waals surface area contributed by atoms with E-state index in [9.17, 15) is 0 Å². The zero-order valence-electron chi connectivity index (χ0n) is 13.5. The molecule has 3 rings (SSSR count). The van der Waals surface area contributed by atoms with Gasteiger partial charge in [0.2, 0.25) is 0 Å². The van der Waals surface area contributed by atoms with E-state index >= 15 is 0 Å². The van der Waals surface area contributed by atoms with Gasteiger partial charge in [0, 0.05) is 11.3 Å². The fourth-order valence-corrected chi connectivity index (χ4v) is 3.55. The Balaban J connectivity index is 1.32. The first-order valence-corrected chi connectivity index (χ1v) is 9.33. The van der Waals surface area contributed by atoms with Gasteiger partial charge in [-0.25, -0.2) is 0 Å². The van der Waals surface area contributed by atoms with Crippen LogP contribution in [0.5, 0.6) is 5.75 Å². The van der Waals surface area contributed by atoms with Crippen LogP contribution in [0.3, 0.4) is 0 Å². The van der Waals surface area contributed by atoms with Crippen LogP contribution in [0.4, 0.5) is 0 Å². The molecule has 0 spiro atoms. The second-order valence-corrected chi connectivity index (χ2v) is 6.96. The molecule has 1 aromatic heterocycles. The van der Waals surface area contributed by atoms with Gasteiger partial charge in [0.1, 0.15) is 5.75 Å². The lowest BCUT2D eigenvalue weighted by atomic mass is 9.90. The Hall–Kier alpha value is -1.36. The molecule has 0 amide bonds. The summed E-state index contributed by atoms with van der Waals surface area (Å²) in [4.78, 5) is 1.28. The van der Waals surface area contributed by atoms with Gasteiger partial charge in [-0.15, -0.1) is 11.3 Å². The molecule has 124 valence electrons. The van der Waals surface area contributed by atoms with Gasteiger partial charge in [-0.1, -0.05) is 18.2 Å². The van der Waals surface area contributed by atoms with Crippen LogP contribution in [-0.4, -0.2) is 26.3 Å². The van der Waals surface area contributed by atoms with Crippen LogP contribution in [-0.2, 0) is 11.3 Å². The fraction of sp³-hybridized carbons (Fsp3) is 0.474. The van der Waals surface area contributed by atoms with Crippen molar-refractivity contribution < 1.29 is 9.47 Å². The Bertz CT molecular complexity index is 547. The van der Waals surface area contributed by atoms with Gasteiger partial charge < -0.3 is 14.8 Å². The minimum absolute atomic E-state index is 0.705. The Kier molecular flexibility index (Phi) is 6.50. The van der Waals surface area contributed by atoms with Crippen molar-refractivity contribution in [2.75, 3.05) is 26.3 Å². The van der Waals surface area contributed by atoms with E-state index < -0.39 is 0 Å². The van der Waals surface area contributed by atoms with Crippen molar-refractivity contribution in [3.05, 3.63) is 52.2 Å². The van der Waals surface area contributed by atoms with Gasteiger partial charge in [-0.3, -0.25) is 0 Å². The summed E-state index contributed by atoms with van der Waals surface area (Å²) in [6, 6.07) is 12.8. The number of hydrogen-bond acceptors (Lipinski definition) is 4. The molecule has 0 radical (unpaired) electrons. The molecular formula is C19H25NO2S. The molecule has 1 saturated heterocycles. The topological polar surface area (TPSA) is 30.5 Å². The van der Waals surface area contributed by atoms with E-state index in [1.165, 1.54) is 23.3 Å². The van der Waals surface area contributed by atoms with Crippen LogP contribution in [0.25, 0.3) is 0 Å². The zero-order chi connectivity index (χ0) is 15.7. The fourth-order valence-electron chi connectivity index (χ4n) is 2.91. The summed E-state index contributed by atoms with van der Waals surface area (Å²) >= 11 is 1.74. The van der Waals surface area contributed by atoms with E-state index in [0.717, 1.165) is 31.9 Å². The van der Waals surface area contributed by atoms with Gasteiger partial charge in [0.15, 0.2) is 0 Å². The SMILES string of the molecule is c1csc(COCCCOc2ccc(C3CCNCC3)cc2)c1. The monoisotopic (exact) mass is 331 g/mol. The molecule has 0 atom stereocenters. The van der Waals surface area contributed by atoms with Gasteiger partial charge in [-0.2, -0.15) is 0 Å². The summed E-state index contributed by atoms with van der Waals surface area (Å²) in [5.41, 5.74) is 1.44. The lowest BCUT2D eigenvalue weighted by molar-refractivity contribution is 0.109. The third kappa shape index (κ3) is 5.34. The van der Waals surface area contributed by atoms with Crippen molar-refractivity contribution in [3.8, 4) is 5.75 Å². The van der Waals surface area contributed by atoms with E-state index in [-0.39, 0.29) is 0 Å². The van der Waals surface area contributed by atoms with Gasteiger partial charge in [-0.05, 0) is 61.0 Å². The maximum Gasteiger partial charge on any atom is 0.119 e. The highest BCUT2D eigenvalue weighted by atomic mass is 32.1. The highest BCUT2D eigenvalue weighted by Crippen LogP contribution is 2.26. The first-order valence-electron chi connectivity index (χ1n) is 8.45. The number of thiophene rings is 1. The van der Waals surface area contributed by atoms with Crippen molar-refractivity contribution in [2.45, 2.75) is 31.8 Å². The number of nitrogens with one attached hydrogen (secondary N) is 1. The maximum atomic E-state index is 5.80. The normalized spacial score (nSPS) is 15.7. The lowest BCUT2D eigenvalue weighted by Crippen LogP contribution is -2.26. The molecule has 1 fully saturated rings. The summed E-state index contributed by atoms with van der Waals surface area (Å²) in [6.45, 7) is 4.42. The molecule has 1 N–H and O–H groups in total. The zero-order valence-corrected chi connectivity index (χ0v) is 14.3. The molecule has 0 bridgehead atoms. The molecule has 1 aliphatic rings. The van der Waals surface area contributed by atoms with Crippen LogP contribution < -0.4 is 10.1 Å². The molecule has 2 aromatic rings. The first-order chi connectivity index (χ1) is 11.4. The van der Waals surface area contributed by atoms with Crippen LogP contribution in [0.2, 0.25) is 0 Å². The van der Waals surface area contributed by atoms with Gasteiger partial charge >= 0.3 is 0 Å². The summed E-state index contributed by atoms with van der Waals surface area (Å²) < 4.78 is 11.4. The molecule has 0 saturated carbocycles. The van der Waals surface area contributed by atoms with Gasteiger partial charge in [0.05, 0.1) is 19.8 Å². The number of rotatable bonds is 8. The van der Waals surface area contributed by atoms with E-state index in [1.807, 2.05) is 0 Å². The Labute approximate surface area is 142 Å². The largest absolute Gasteiger partial charge is 0.494 e. The summed E-state index contributed by atoms with van der Waals surface area (Å²) in [5.74, 6) is 1.66. The van der Waals surface area contributed by atoms with Crippen molar-refractivity contribution in [2.24, 2.45) is 0 Å². The third-order valence-electron chi connectivity index (χ3n) is 4.22. The van der Waals surface area contributed by atoms with Crippen molar-refractivity contribution in [3.63, 3.8) is 0 Å². The summed E-state index contributed by atoms with van der Waals surface area (Å²) in [7, 11) is 0. The highest BCUT2D eigenvalue weighted by molar-refractivity contribution is 7.09. The average Bonchev–Trinajstić information content (AvgIpc) is 3.13. The van der Waals surface area contributed by atoms with E-state index in [4.69, 9.17) is 9.47 Å².